The number of nitrogens with two attached hydrogens (primary N) is 1. The molecule has 0 aliphatic rings. The van der Waals surface area contributed by atoms with Gasteiger partial charge in [-0.05, 0) is 24.8 Å². The molecule has 1 rings (SSSR count). The predicted molar refractivity (Wildman–Crippen MR) is 119 cm³/mol. The van der Waals surface area contributed by atoms with E-state index in [1.54, 1.807) is 0 Å². The summed E-state index contributed by atoms with van der Waals surface area (Å²) in [6, 6.07) is 6.56. The number of amides is 4. The molecule has 0 aliphatic heterocycles. The lowest BCUT2D eigenvalue weighted by Crippen LogP contribution is -2.56. The molecule has 0 aromatic heterocycles. The summed E-state index contributed by atoms with van der Waals surface area (Å²) in [6.45, 7) is 4.71. The maximum atomic E-state index is 12.9. The molecule has 10 nitrogen and oxygen atoms in total. The second-order valence-electron chi connectivity index (χ2n) is 7.91. The number of carbonyl (C=O) groups excluding carboxylic acids is 5. The molecular weight excluding hydrogens is 414 g/mol. The lowest BCUT2D eigenvalue weighted by molar-refractivity contribution is -0.132. The van der Waals surface area contributed by atoms with Gasteiger partial charge in [0.05, 0.1) is 19.1 Å². The van der Waals surface area contributed by atoms with E-state index in [-0.39, 0.29) is 25.4 Å². The summed E-state index contributed by atoms with van der Waals surface area (Å²) in [5.41, 5.74) is 6.15. The van der Waals surface area contributed by atoms with Crippen LogP contribution in [0.25, 0.3) is 0 Å². The zero-order valence-corrected chi connectivity index (χ0v) is 18.7. The summed E-state index contributed by atoms with van der Waals surface area (Å²) in [5.74, 6) is -1.99. The Hall–Kier alpha value is -3.27. The highest BCUT2D eigenvalue weighted by atomic mass is 16.2. The molecule has 0 heterocycles. The van der Waals surface area contributed by atoms with Crippen LogP contribution in [0.5, 0.6) is 0 Å². The fourth-order valence-electron chi connectivity index (χ4n) is 2.92. The van der Waals surface area contributed by atoms with Crippen molar-refractivity contribution < 1.29 is 24.0 Å². The molecule has 0 fully saturated rings. The SMILES string of the molecule is CC(C)C[C@H](NC(=O)CN)C(=O)N[C@@H](Cc1ccccc1)C(=O)NCC(=O)N[C@@H](C)C=O. The Balaban J connectivity index is 2.92. The molecule has 10 heteroatoms. The summed E-state index contributed by atoms with van der Waals surface area (Å²) in [6.07, 6.45) is 1.12. The zero-order valence-electron chi connectivity index (χ0n) is 18.7. The maximum Gasteiger partial charge on any atom is 0.243 e. The largest absolute Gasteiger partial charge is 0.345 e. The molecule has 0 saturated heterocycles. The molecule has 176 valence electrons. The fraction of sp³-hybridized carbons (Fsp3) is 0.500. The lowest BCUT2D eigenvalue weighted by atomic mass is 10.0. The molecule has 4 amide bonds. The molecule has 32 heavy (non-hydrogen) atoms. The summed E-state index contributed by atoms with van der Waals surface area (Å²) < 4.78 is 0. The average Bonchev–Trinajstić information content (AvgIpc) is 2.76. The van der Waals surface area contributed by atoms with Crippen LogP contribution in [-0.4, -0.2) is 61.1 Å². The van der Waals surface area contributed by atoms with Gasteiger partial charge in [-0.15, -0.1) is 0 Å². The summed E-state index contributed by atoms with van der Waals surface area (Å²) in [7, 11) is 0. The second kappa shape index (κ2) is 13.9. The Kier molecular flexibility index (Phi) is 11.6. The van der Waals surface area contributed by atoms with E-state index in [1.165, 1.54) is 6.92 Å². The van der Waals surface area contributed by atoms with Gasteiger partial charge in [0.1, 0.15) is 18.4 Å². The molecule has 0 aliphatic carbocycles. The molecule has 1 aromatic rings. The van der Waals surface area contributed by atoms with Crippen molar-refractivity contribution in [2.24, 2.45) is 11.7 Å². The molecule has 0 saturated carbocycles. The van der Waals surface area contributed by atoms with Crippen molar-refractivity contribution in [2.45, 2.75) is 51.7 Å². The third-order valence-corrected chi connectivity index (χ3v) is 4.48. The van der Waals surface area contributed by atoms with Gasteiger partial charge in [-0.1, -0.05) is 44.2 Å². The van der Waals surface area contributed by atoms with Gasteiger partial charge in [0.25, 0.3) is 0 Å². The van der Waals surface area contributed by atoms with E-state index < -0.39 is 41.8 Å². The van der Waals surface area contributed by atoms with E-state index in [2.05, 4.69) is 21.3 Å². The number of aldehydes is 1. The Morgan fingerprint density at radius 2 is 1.56 bits per heavy atom. The summed E-state index contributed by atoms with van der Waals surface area (Å²) in [5, 5.41) is 10.2. The van der Waals surface area contributed by atoms with E-state index in [4.69, 9.17) is 5.73 Å². The van der Waals surface area contributed by atoms with Crippen LogP contribution in [0.1, 0.15) is 32.8 Å². The van der Waals surface area contributed by atoms with Crippen LogP contribution in [0.2, 0.25) is 0 Å². The monoisotopic (exact) mass is 447 g/mol. The topological polar surface area (TPSA) is 159 Å². The molecule has 0 radical (unpaired) electrons. The minimum atomic E-state index is -0.981. The van der Waals surface area contributed by atoms with Crippen molar-refractivity contribution >= 4 is 29.9 Å². The van der Waals surface area contributed by atoms with E-state index in [0.717, 1.165) is 5.56 Å². The number of benzene rings is 1. The Labute approximate surface area is 188 Å². The first-order valence-corrected chi connectivity index (χ1v) is 10.5. The highest BCUT2D eigenvalue weighted by Crippen LogP contribution is 2.08. The molecular formula is C22H33N5O5. The Morgan fingerprint density at radius 3 is 2.12 bits per heavy atom. The molecule has 0 unspecified atom stereocenters. The molecule has 0 bridgehead atoms. The quantitative estimate of drug-likeness (QED) is 0.245. The number of nitrogens with one attached hydrogen (secondary N) is 4. The lowest BCUT2D eigenvalue weighted by Gasteiger charge is -2.24. The third kappa shape index (κ3) is 10.2. The van der Waals surface area contributed by atoms with Gasteiger partial charge in [0.15, 0.2) is 0 Å². The molecule has 1 aromatic carbocycles. The van der Waals surface area contributed by atoms with Crippen LogP contribution in [0.15, 0.2) is 30.3 Å². The van der Waals surface area contributed by atoms with Crippen molar-refractivity contribution in [3.05, 3.63) is 35.9 Å². The van der Waals surface area contributed by atoms with E-state index in [1.807, 2.05) is 44.2 Å². The van der Waals surface area contributed by atoms with Gasteiger partial charge >= 0.3 is 0 Å². The van der Waals surface area contributed by atoms with Crippen LogP contribution in [0.3, 0.4) is 0 Å². The first kappa shape index (κ1) is 26.8. The van der Waals surface area contributed by atoms with Gasteiger partial charge < -0.3 is 31.8 Å². The van der Waals surface area contributed by atoms with Crippen molar-refractivity contribution in [3.63, 3.8) is 0 Å². The van der Waals surface area contributed by atoms with Crippen LogP contribution < -0.4 is 27.0 Å². The first-order chi connectivity index (χ1) is 15.2. The van der Waals surface area contributed by atoms with Crippen molar-refractivity contribution in [3.8, 4) is 0 Å². The van der Waals surface area contributed by atoms with Crippen LogP contribution in [-0.2, 0) is 30.4 Å². The minimum Gasteiger partial charge on any atom is -0.345 e. The van der Waals surface area contributed by atoms with Crippen molar-refractivity contribution in [1.82, 2.24) is 21.3 Å². The average molecular weight is 448 g/mol. The van der Waals surface area contributed by atoms with Gasteiger partial charge in [-0.25, -0.2) is 0 Å². The number of rotatable bonds is 13. The normalized spacial score (nSPS) is 13.4. The van der Waals surface area contributed by atoms with Crippen LogP contribution in [0, 0.1) is 5.92 Å². The van der Waals surface area contributed by atoms with Gasteiger partial charge in [0.2, 0.25) is 23.6 Å². The summed E-state index contributed by atoms with van der Waals surface area (Å²) >= 11 is 0. The number of hydrogen-bond donors (Lipinski definition) is 5. The van der Waals surface area contributed by atoms with Gasteiger partial charge in [0, 0.05) is 6.42 Å². The van der Waals surface area contributed by atoms with Crippen LogP contribution >= 0.6 is 0 Å². The second-order valence-corrected chi connectivity index (χ2v) is 7.91. The maximum absolute atomic E-state index is 12.9. The predicted octanol–water partition coefficient (Wildman–Crippen LogP) is -0.977. The Morgan fingerprint density at radius 1 is 0.906 bits per heavy atom. The third-order valence-electron chi connectivity index (χ3n) is 4.48. The standard InChI is InChI=1S/C22H33N5O5/c1-14(2)9-17(26-19(29)11-23)22(32)27-18(10-16-7-5-4-6-8-16)21(31)24-12-20(30)25-15(3)13-28/h4-8,13-15,17-18H,9-12,23H2,1-3H3,(H,24,31)(H,25,30)(H,26,29)(H,27,32)/t15-,17-,18-/m0/s1. The Bertz CT molecular complexity index is 784. The summed E-state index contributed by atoms with van der Waals surface area (Å²) in [4.78, 5) is 60.0. The molecule has 0 spiro atoms. The van der Waals surface area contributed by atoms with Gasteiger partial charge in [-0.2, -0.15) is 0 Å². The highest BCUT2D eigenvalue weighted by Gasteiger charge is 2.27. The smallest absolute Gasteiger partial charge is 0.243 e. The zero-order chi connectivity index (χ0) is 24.1. The molecule has 3 atom stereocenters. The van der Waals surface area contributed by atoms with Crippen molar-refractivity contribution in [1.29, 1.82) is 0 Å². The number of hydrogen-bond acceptors (Lipinski definition) is 6. The number of carbonyl (C=O) groups is 5. The fourth-order valence-corrected chi connectivity index (χ4v) is 2.92. The molecule has 6 N–H and O–H groups in total. The highest BCUT2D eigenvalue weighted by molar-refractivity contribution is 5.94. The van der Waals surface area contributed by atoms with Crippen molar-refractivity contribution in [2.75, 3.05) is 13.1 Å². The van der Waals surface area contributed by atoms with E-state index in [0.29, 0.717) is 12.7 Å². The first-order valence-electron chi connectivity index (χ1n) is 10.5. The van der Waals surface area contributed by atoms with E-state index in [9.17, 15) is 24.0 Å². The van der Waals surface area contributed by atoms with Gasteiger partial charge in [-0.3, -0.25) is 19.2 Å². The minimum absolute atomic E-state index is 0.105. The van der Waals surface area contributed by atoms with E-state index >= 15 is 0 Å². The van der Waals surface area contributed by atoms with Crippen LogP contribution in [0.4, 0.5) is 0 Å².